The SMILES string of the molecule is CC[C@@H](C(=O)NCCOc1ccccc1C(C)C)N(c1ccccc1F)S(C)(=O)=O. The van der Waals surface area contributed by atoms with Gasteiger partial charge in [0.05, 0.1) is 18.5 Å². The van der Waals surface area contributed by atoms with Crippen LogP contribution in [0.25, 0.3) is 0 Å². The first-order valence-corrected chi connectivity index (χ1v) is 11.7. The van der Waals surface area contributed by atoms with Crippen LogP contribution < -0.4 is 14.4 Å². The van der Waals surface area contributed by atoms with Crippen molar-refractivity contribution in [3.63, 3.8) is 0 Å². The molecular formula is C22H29FN2O4S. The lowest BCUT2D eigenvalue weighted by atomic mass is 10.0. The normalized spacial score (nSPS) is 12.5. The maximum atomic E-state index is 14.3. The molecule has 8 heteroatoms. The second-order valence-electron chi connectivity index (χ2n) is 7.27. The molecule has 0 saturated heterocycles. The van der Waals surface area contributed by atoms with Crippen molar-refractivity contribution in [2.24, 2.45) is 0 Å². The number of nitrogens with zero attached hydrogens (tertiary/aromatic N) is 1. The van der Waals surface area contributed by atoms with Crippen LogP contribution in [0.4, 0.5) is 10.1 Å². The van der Waals surface area contributed by atoms with E-state index in [-0.39, 0.29) is 25.3 Å². The summed E-state index contributed by atoms with van der Waals surface area (Å²) in [5.41, 5.74) is 0.919. The van der Waals surface area contributed by atoms with Gasteiger partial charge in [0.1, 0.15) is 24.2 Å². The molecule has 0 aromatic heterocycles. The van der Waals surface area contributed by atoms with Crippen molar-refractivity contribution in [3.8, 4) is 5.75 Å². The van der Waals surface area contributed by atoms with Crippen LogP contribution in [0.2, 0.25) is 0 Å². The Morgan fingerprint density at radius 2 is 1.77 bits per heavy atom. The van der Waals surface area contributed by atoms with Crippen LogP contribution >= 0.6 is 0 Å². The number of nitrogens with one attached hydrogen (secondary N) is 1. The van der Waals surface area contributed by atoms with Gasteiger partial charge < -0.3 is 10.1 Å². The zero-order chi connectivity index (χ0) is 22.3. The van der Waals surface area contributed by atoms with E-state index < -0.39 is 27.8 Å². The molecule has 2 rings (SSSR count). The molecule has 0 fully saturated rings. The lowest BCUT2D eigenvalue weighted by Gasteiger charge is -2.30. The smallest absolute Gasteiger partial charge is 0.244 e. The average Bonchev–Trinajstić information content (AvgIpc) is 2.69. The van der Waals surface area contributed by atoms with Crippen LogP contribution in [-0.2, 0) is 14.8 Å². The number of amides is 1. The molecule has 1 atom stereocenters. The molecule has 0 spiro atoms. The highest BCUT2D eigenvalue weighted by molar-refractivity contribution is 7.92. The van der Waals surface area contributed by atoms with E-state index in [0.717, 1.165) is 27.9 Å². The number of benzene rings is 2. The summed E-state index contributed by atoms with van der Waals surface area (Å²) in [4.78, 5) is 12.7. The first-order chi connectivity index (χ1) is 14.2. The largest absolute Gasteiger partial charge is 0.491 e. The van der Waals surface area contributed by atoms with E-state index in [2.05, 4.69) is 19.2 Å². The van der Waals surface area contributed by atoms with Gasteiger partial charge in [-0.25, -0.2) is 12.8 Å². The van der Waals surface area contributed by atoms with E-state index in [0.29, 0.717) is 5.92 Å². The van der Waals surface area contributed by atoms with E-state index in [4.69, 9.17) is 4.74 Å². The van der Waals surface area contributed by atoms with E-state index >= 15 is 0 Å². The summed E-state index contributed by atoms with van der Waals surface area (Å²) >= 11 is 0. The number of sulfonamides is 1. The van der Waals surface area contributed by atoms with Crippen molar-refractivity contribution >= 4 is 21.6 Å². The van der Waals surface area contributed by atoms with Gasteiger partial charge in [0, 0.05) is 0 Å². The first kappa shape index (κ1) is 23.7. The van der Waals surface area contributed by atoms with Crippen molar-refractivity contribution in [3.05, 3.63) is 59.9 Å². The number of para-hydroxylation sites is 2. The molecular weight excluding hydrogens is 407 g/mol. The Bertz CT molecular complexity index is 963. The molecule has 0 aliphatic heterocycles. The quantitative estimate of drug-likeness (QED) is 0.577. The Labute approximate surface area is 178 Å². The number of anilines is 1. The average molecular weight is 437 g/mol. The van der Waals surface area contributed by atoms with E-state index in [1.165, 1.54) is 18.2 Å². The zero-order valence-electron chi connectivity index (χ0n) is 17.8. The summed E-state index contributed by atoms with van der Waals surface area (Å²) in [5, 5.41) is 2.70. The van der Waals surface area contributed by atoms with Gasteiger partial charge >= 0.3 is 0 Å². The first-order valence-electron chi connectivity index (χ1n) is 9.90. The lowest BCUT2D eigenvalue weighted by molar-refractivity contribution is -0.122. The van der Waals surface area contributed by atoms with E-state index in [1.807, 2.05) is 24.3 Å². The Morgan fingerprint density at radius 3 is 2.37 bits per heavy atom. The van der Waals surface area contributed by atoms with Gasteiger partial charge in [-0.05, 0) is 36.1 Å². The number of carbonyl (C=O) groups is 1. The highest BCUT2D eigenvalue weighted by atomic mass is 32.2. The van der Waals surface area contributed by atoms with Crippen molar-refractivity contribution < 1.29 is 22.3 Å². The third-order valence-corrected chi connectivity index (χ3v) is 5.79. The van der Waals surface area contributed by atoms with Gasteiger partial charge in [-0.1, -0.05) is 51.1 Å². The molecule has 0 bridgehead atoms. The third-order valence-electron chi connectivity index (χ3n) is 4.62. The lowest BCUT2D eigenvalue weighted by Crippen LogP contribution is -2.50. The van der Waals surface area contributed by atoms with Gasteiger partial charge in [0.2, 0.25) is 15.9 Å². The highest BCUT2D eigenvalue weighted by Gasteiger charge is 2.32. The number of hydrogen-bond donors (Lipinski definition) is 1. The van der Waals surface area contributed by atoms with Crippen LogP contribution in [-0.4, -0.2) is 39.8 Å². The summed E-state index contributed by atoms with van der Waals surface area (Å²) < 4.78 is 45.6. The fourth-order valence-electron chi connectivity index (χ4n) is 3.21. The summed E-state index contributed by atoms with van der Waals surface area (Å²) in [6.45, 7) is 6.23. The molecule has 0 aliphatic rings. The minimum absolute atomic E-state index is 0.149. The fraction of sp³-hybridized carbons (Fsp3) is 0.409. The molecule has 0 unspecified atom stereocenters. The minimum Gasteiger partial charge on any atom is -0.491 e. The van der Waals surface area contributed by atoms with Crippen LogP contribution in [0.15, 0.2) is 48.5 Å². The molecule has 2 aromatic carbocycles. The highest BCUT2D eigenvalue weighted by Crippen LogP contribution is 2.26. The second-order valence-corrected chi connectivity index (χ2v) is 9.13. The predicted octanol–water partition coefficient (Wildman–Crippen LogP) is 3.69. The van der Waals surface area contributed by atoms with E-state index in [1.54, 1.807) is 6.92 Å². The monoisotopic (exact) mass is 436 g/mol. The Morgan fingerprint density at radius 1 is 1.13 bits per heavy atom. The van der Waals surface area contributed by atoms with Crippen LogP contribution in [0.3, 0.4) is 0 Å². The molecule has 1 amide bonds. The van der Waals surface area contributed by atoms with Crippen molar-refractivity contribution in [2.75, 3.05) is 23.7 Å². The molecule has 0 radical (unpaired) electrons. The number of halogens is 1. The minimum atomic E-state index is -3.88. The van der Waals surface area contributed by atoms with E-state index in [9.17, 15) is 17.6 Å². The van der Waals surface area contributed by atoms with Crippen molar-refractivity contribution in [1.82, 2.24) is 5.32 Å². The maximum Gasteiger partial charge on any atom is 0.244 e. The number of ether oxygens (including phenoxy) is 1. The van der Waals surface area contributed by atoms with Gasteiger partial charge in [-0.3, -0.25) is 9.10 Å². The summed E-state index contributed by atoms with van der Waals surface area (Å²) in [6.07, 6.45) is 1.14. The van der Waals surface area contributed by atoms with Gasteiger partial charge in [-0.15, -0.1) is 0 Å². The maximum absolute atomic E-state index is 14.3. The molecule has 164 valence electrons. The standard InChI is InChI=1S/C22H29FN2O4S/c1-5-19(25(30(4,27)28)20-12-8-7-11-18(20)23)22(26)24-14-15-29-21-13-9-6-10-17(21)16(2)3/h6-13,16,19H,5,14-15H2,1-4H3,(H,24,26)/t19-/m0/s1. The summed E-state index contributed by atoms with van der Waals surface area (Å²) in [5.74, 6) is -0.169. The van der Waals surface area contributed by atoms with Gasteiger partial charge in [-0.2, -0.15) is 0 Å². The van der Waals surface area contributed by atoms with Crippen LogP contribution in [0, 0.1) is 5.82 Å². The Kier molecular flexibility index (Phi) is 8.23. The van der Waals surface area contributed by atoms with Crippen LogP contribution in [0.1, 0.15) is 38.7 Å². The molecule has 0 heterocycles. The molecule has 1 N–H and O–H groups in total. The molecule has 2 aromatic rings. The van der Waals surface area contributed by atoms with Gasteiger partial charge in [0.25, 0.3) is 0 Å². The molecule has 0 saturated carbocycles. The summed E-state index contributed by atoms with van der Waals surface area (Å²) in [6, 6.07) is 12.1. The number of carbonyl (C=O) groups excluding carboxylic acids is 1. The number of rotatable bonds is 10. The number of hydrogen-bond acceptors (Lipinski definition) is 4. The van der Waals surface area contributed by atoms with Crippen molar-refractivity contribution in [1.29, 1.82) is 0 Å². The Balaban J connectivity index is 2.07. The topological polar surface area (TPSA) is 75.7 Å². The third kappa shape index (κ3) is 5.95. The predicted molar refractivity (Wildman–Crippen MR) is 117 cm³/mol. The van der Waals surface area contributed by atoms with Gasteiger partial charge in [0.15, 0.2) is 0 Å². The zero-order valence-corrected chi connectivity index (χ0v) is 18.6. The molecule has 6 nitrogen and oxygen atoms in total. The summed E-state index contributed by atoms with van der Waals surface area (Å²) in [7, 11) is -3.88. The second kappa shape index (κ2) is 10.4. The van der Waals surface area contributed by atoms with Crippen molar-refractivity contribution in [2.45, 2.75) is 39.2 Å². The molecule has 30 heavy (non-hydrogen) atoms. The molecule has 0 aliphatic carbocycles. The Hall–Kier alpha value is -2.61. The fourth-order valence-corrected chi connectivity index (χ4v) is 4.42. The van der Waals surface area contributed by atoms with Crippen LogP contribution in [0.5, 0.6) is 5.75 Å².